The highest BCUT2D eigenvalue weighted by molar-refractivity contribution is 8.30. The minimum absolute atomic E-state index is 0.237. The van der Waals surface area contributed by atoms with Crippen LogP contribution in [-0.4, -0.2) is 39.3 Å². The monoisotopic (exact) mass is 607 g/mol. The molecule has 1 aromatic heterocycles. The highest BCUT2D eigenvalue weighted by atomic mass is 32.2. The summed E-state index contributed by atoms with van der Waals surface area (Å²) in [5.74, 6) is -0.237. The molecule has 5 rings (SSSR count). The topological polar surface area (TPSA) is 71.8 Å². The largest absolute Gasteiger partial charge is 0.446 e. The molecule has 2 aliphatic rings. The second kappa shape index (κ2) is 13.2. The Morgan fingerprint density at radius 3 is 2.51 bits per heavy atom. The molecule has 214 valence electrons. The van der Waals surface area contributed by atoms with Gasteiger partial charge in [-0.15, -0.1) is 11.3 Å². The van der Waals surface area contributed by atoms with Gasteiger partial charge >= 0.3 is 0 Å². The van der Waals surface area contributed by atoms with Gasteiger partial charge in [0.2, 0.25) is 0 Å². The number of nitrogens with zero attached hydrogens (tertiary/aromatic N) is 3. The second-order valence-electron chi connectivity index (χ2n) is 10.0. The summed E-state index contributed by atoms with van der Waals surface area (Å²) in [6.45, 7) is 5.52. The SMILES string of the molecule is CCCCCCN1c2ccccc2CCc2cc(/C=c3/s/c(=C4/SC(=S)N(CC)C4=O)n(COC=O)c3=O)ccc21. The number of ether oxygens (including phenoxy) is 1. The van der Waals surface area contributed by atoms with Crippen molar-refractivity contribution >= 4 is 74.4 Å². The number of hydrogen-bond donors (Lipinski definition) is 0. The smallest absolute Gasteiger partial charge is 0.294 e. The van der Waals surface area contributed by atoms with Crippen LogP contribution in [0, 0.1) is 0 Å². The van der Waals surface area contributed by atoms with Crippen LogP contribution in [-0.2, 0) is 33.9 Å². The first-order valence-electron chi connectivity index (χ1n) is 14.0. The van der Waals surface area contributed by atoms with Gasteiger partial charge in [-0.2, -0.15) is 0 Å². The van der Waals surface area contributed by atoms with E-state index in [2.05, 4.69) is 48.2 Å². The number of unbranched alkanes of at least 4 members (excludes halogenated alkanes) is 3. The van der Waals surface area contributed by atoms with Gasteiger partial charge < -0.3 is 9.64 Å². The molecule has 1 saturated heterocycles. The molecule has 0 bridgehead atoms. The number of rotatable bonds is 10. The standard InChI is InChI=1S/C31H33N3O4S3/c1-3-5-6-9-16-33-24-11-8-7-10-22(24)13-14-23-17-21(12-15-25(23)33)18-26-28(36)34(19-38-20-35)30(40-26)27-29(37)32(4-2)31(39)41-27/h7-8,10-12,15,17-18,20H,3-6,9,13-14,16,19H2,1-2H3/b26-18+,30-27+. The number of thiazole rings is 1. The summed E-state index contributed by atoms with van der Waals surface area (Å²) >= 11 is 7.77. The minimum atomic E-state index is -0.312. The van der Waals surface area contributed by atoms with E-state index in [1.165, 1.54) is 74.3 Å². The Morgan fingerprint density at radius 1 is 0.976 bits per heavy atom. The van der Waals surface area contributed by atoms with Crippen molar-refractivity contribution < 1.29 is 14.3 Å². The van der Waals surface area contributed by atoms with Gasteiger partial charge in [0.15, 0.2) is 6.73 Å². The normalized spacial score (nSPS) is 16.6. The number of thioether (sulfide) groups is 1. The maximum absolute atomic E-state index is 13.5. The second-order valence-corrected chi connectivity index (χ2v) is 12.7. The van der Waals surface area contributed by atoms with Gasteiger partial charge in [0.1, 0.15) is 13.9 Å². The van der Waals surface area contributed by atoms with Crippen LogP contribution in [0.3, 0.4) is 0 Å². The molecule has 1 fully saturated rings. The number of amides is 1. The summed E-state index contributed by atoms with van der Waals surface area (Å²) in [7, 11) is 0. The number of para-hydroxylation sites is 1. The van der Waals surface area contributed by atoms with Crippen LogP contribution in [0.5, 0.6) is 0 Å². The van der Waals surface area contributed by atoms with Crippen molar-refractivity contribution in [2.24, 2.45) is 0 Å². The van der Waals surface area contributed by atoms with Gasteiger partial charge in [0.05, 0.1) is 4.53 Å². The van der Waals surface area contributed by atoms with Gasteiger partial charge in [-0.25, -0.2) is 0 Å². The van der Waals surface area contributed by atoms with E-state index in [9.17, 15) is 14.4 Å². The molecule has 0 N–H and O–H groups in total. The first kappa shape index (κ1) is 29.3. The average Bonchev–Trinajstić information content (AvgIpc) is 3.38. The Kier molecular flexibility index (Phi) is 9.42. The fourth-order valence-corrected chi connectivity index (χ4v) is 7.97. The number of aromatic nitrogens is 1. The number of thiocarbonyl (C=S) groups is 1. The van der Waals surface area contributed by atoms with E-state index in [1.54, 1.807) is 0 Å². The molecule has 0 aliphatic carbocycles. The van der Waals surface area contributed by atoms with Crippen molar-refractivity contribution in [2.45, 2.75) is 59.1 Å². The Bertz CT molecular complexity index is 1660. The number of anilines is 2. The van der Waals surface area contributed by atoms with Crippen LogP contribution in [0.4, 0.5) is 11.4 Å². The van der Waals surface area contributed by atoms with E-state index < -0.39 is 0 Å². The van der Waals surface area contributed by atoms with Crippen LogP contribution in [0.15, 0.2) is 47.3 Å². The lowest BCUT2D eigenvalue weighted by atomic mass is 10.0. The van der Waals surface area contributed by atoms with E-state index in [4.69, 9.17) is 17.0 Å². The zero-order chi connectivity index (χ0) is 28.9. The molecule has 0 atom stereocenters. The van der Waals surface area contributed by atoms with Crippen LogP contribution in [0.2, 0.25) is 0 Å². The molecular formula is C31H33N3O4S3. The Hall–Kier alpha value is -3.21. The number of carbonyl (C=O) groups excluding carboxylic acids is 2. The molecule has 0 spiro atoms. The summed E-state index contributed by atoms with van der Waals surface area (Å²) in [5, 5.41) is 0. The summed E-state index contributed by atoms with van der Waals surface area (Å²) in [6.07, 6.45) is 8.48. The molecule has 10 heteroatoms. The third kappa shape index (κ3) is 6.05. The predicted molar refractivity (Wildman–Crippen MR) is 171 cm³/mol. The highest BCUT2D eigenvalue weighted by Gasteiger charge is 2.33. The first-order chi connectivity index (χ1) is 20.0. The van der Waals surface area contributed by atoms with Crippen molar-refractivity contribution in [3.63, 3.8) is 0 Å². The van der Waals surface area contributed by atoms with Crippen molar-refractivity contribution in [2.75, 3.05) is 18.0 Å². The zero-order valence-corrected chi connectivity index (χ0v) is 25.7. The Labute approximate surface area is 253 Å². The maximum Gasteiger partial charge on any atom is 0.294 e. The maximum atomic E-state index is 13.5. The highest BCUT2D eigenvalue weighted by Crippen LogP contribution is 2.37. The number of benzene rings is 2. The van der Waals surface area contributed by atoms with Crippen molar-refractivity contribution in [1.82, 2.24) is 9.47 Å². The molecule has 0 unspecified atom stereocenters. The van der Waals surface area contributed by atoms with E-state index in [0.29, 0.717) is 31.4 Å². The molecule has 3 aromatic rings. The molecule has 2 aromatic carbocycles. The van der Waals surface area contributed by atoms with Crippen LogP contribution in [0.1, 0.15) is 56.2 Å². The van der Waals surface area contributed by atoms with Crippen molar-refractivity contribution in [1.29, 1.82) is 0 Å². The van der Waals surface area contributed by atoms with Crippen LogP contribution >= 0.6 is 35.3 Å². The molecule has 0 radical (unpaired) electrons. The van der Waals surface area contributed by atoms with E-state index in [0.717, 1.165) is 31.4 Å². The molecule has 2 aliphatic heterocycles. The molecule has 7 nitrogen and oxygen atoms in total. The third-order valence-electron chi connectivity index (χ3n) is 7.41. The number of carbonyl (C=O) groups is 2. The van der Waals surface area contributed by atoms with Gasteiger partial charge in [0, 0.05) is 24.5 Å². The summed E-state index contributed by atoms with van der Waals surface area (Å²) in [6, 6.07) is 15.0. The fraction of sp³-hybridized carbons (Fsp3) is 0.355. The van der Waals surface area contributed by atoms with Gasteiger partial charge in [-0.05, 0) is 67.2 Å². The van der Waals surface area contributed by atoms with E-state index in [-0.39, 0.29) is 18.2 Å². The van der Waals surface area contributed by atoms with Crippen molar-refractivity contribution in [3.8, 4) is 0 Å². The van der Waals surface area contributed by atoms with Gasteiger partial charge in [-0.1, -0.05) is 74.4 Å². The fourth-order valence-electron chi connectivity index (χ4n) is 5.34. The van der Waals surface area contributed by atoms with Crippen molar-refractivity contribution in [3.05, 3.63) is 78.7 Å². The van der Waals surface area contributed by atoms with Crippen LogP contribution < -0.4 is 19.7 Å². The summed E-state index contributed by atoms with van der Waals surface area (Å²) in [5.41, 5.74) is 5.68. The lowest BCUT2D eigenvalue weighted by Crippen LogP contribution is -2.34. The lowest BCUT2D eigenvalue weighted by Gasteiger charge is -2.27. The number of fused-ring (bicyclic) bond motifs is 2. The van der Waals surface area contributed by atoms with Gasteiger partial charge in [0.25, 0.3) is 17.9 Å². The zero-order valence-electron chi connectivity index (χ0n) is 23.3. The molecule has 3 heterocycles. The predicted octanol–water partition coefficient (Wildman–Crippen LogP) is 4.67. The number of aryl methyl sites for hydroxylation is 2. The minimum Gasteiger partial charge on any atom is -0.446 e. The first-order valence-corrected chi connectivity index (χ1v) is 16.0. The third-order valence-corrected chi connectivity index (χ3v) is 10.1. The summed E-state index contributed by atoms with van der Waals surface area (Å²) in [4.78, 5) is 41.8. The molecule has 1 amide bonds. The van der Waals surface area contributed by atoms with E-state index in [1.807, 2.05) is 19.1 Å². The number of hydrogen-bond acceptors (Lipinski definition) is 8. The molecule has 0 saturated carbocycles. The average molecular weight is 608 g/mol. The quantitative estimate of drug-likeness (QED) is 0.188. The lowest BCUT2D eigenvalue weighted by molar-refractivity contribution is -0.132. The Balaban J connectivity index is 1.57. The van der Waals surface area contributed by atoms with Crippen LogP contribution in [0.25, 0.3) is 11.0 Å². The van der Waals surface area contributed by atoms with Gasteiger partial charge in [-0.3, -0.25) is 23.9 Å². The molecule has 41 heavy (non-hydrogen) atoms. The summed E-state index contributed by atoms with van der Waals surface area (Å²) < 4.78 is 7.64. The van der Waals surface area contributed by atoms with E-state index >= 15 is 0 Å². The Morgan fingerprint density at radius 2 is 1.76 bits per heavy atom. The molecular weight excluding hydrogens is 575 g/mol.